The first-order valence-corrected chi connectivity index (χ1v) is 7.86. The summed E-state index contributed by atoms with van der Waals surface area (Å²) in [5.41, 5.74) is 0. The molecule has 21 heavy (non-hydrogen) atoms. The molecule has 1 saturated heterocycles. The quantitative estimate of drug-likeness (QED) is 0.632. The van der Waals surface area contributed by atoms with E-state index in [2.05, 4.69) is 5.32 Å². The maximum Gasteiger partial charge on any atom is 0.303 e. The Labute approximate surface area is 125 Å². The first-order chi connectivity index (χ1) is 10.1. The van der Waals surface area contributed by atoms with E-state index in [1.54, 1.807) is 0 Å². The van der Waals surface area contributed by atoms with E-state index < -0.39 is 5.97 Å². The monoisotopic (exact) mass is 298 g/mol. The molecule has 0 spiro atoms. The maximum atomic E-state index is 11.8. The molecule has 1 fully saturated rings. The predicted molar refractivity (Wildman–Crippen MR) is 78.8 cm³/mol. The van der Waals surface area contributed by atoms with Crippen LogP contribution in [0, 0.1) is 0 Å². The number of nitrogens with one attached hydrogen (secondary N) is 1. The number of rotatable bonds is 9. The summed E-state index contributed by atoms with van der Waals surface area (Å²) in [5.74, 6) is -0.632. The standard InChI is InChI=1S/C15H26N2O4/c18-13(7-3-4-9-15(20)21)16-10-6-12-17-11-5-1-2-8-14(17)19/h1-12H2,(H,16,18)(H,20,21). The van der Waals surface area contributed by atoms with E-state index in [1.165, 1.54) is 0 Å². The minimum absolute atomic E-state index is 0.0393. The van der Waals surface area contributed by atoms with Crippen molar-refractivity contribution in [3.8, 4) is 0 Å². The van der Waals surface area contributed by atoms with E-state index in [9.17, 15) is 14.4 Å². The molecule has 0 aromatic carbocycles. The van der Waals surface area contributed by atoms with Crippen LogP contribution in [0.2, 0.25) is 0 Å². The number of carbonyl (C=O) groups excluding carboxylic acids is 2. The van der Waals surface area contributed by atoms with Gasteiger partial charge in [0.25, 0.3) is 0 Å². The van der Waals surface area contributed by atoms with Crippen LogP contribution in [-0.4, -0.2) is 47.4 Å². The second-order valence-electron chi connectivity index (χ2n) is 5.50. The van der Waals surface area contributed by atoms with Gasteiger partial charge in [-0.05, 0) is 32.1 Å². The molecule has 1 aliphatic rings. The number of carboxylic acid groups (broad SMARTS) is 1. The third kappa shape index (κ3) is 8.32. The Morgan fingerprint density at radius 1 is 1.10 bits per heavy atom. The maximum absolute atomic E-state index is 11.8. The molecule has 6 nitrogen and oxygen atoms in total. The van der Waals surface area contributed by atoms with Gasteiger partial charge in [-0.25, -0.2) is 0 Å². The van der Waals surface area contributed by atoms with E-state index in [0.29, 0.717) is 38.8 Å². The molecular weight excluding hydrogens is 272 g/mol. The van der Waals surface area contributed by atoms with Crippen LogP contribution in [0.1, 0.15) is 57.8 Å². The molecule has 2 amide bonds. The predicted octanol–water partition coefficient (Wildman–Crippen LogP) is 1.54. The lowest BCUT2D eigenvalue weighted by Gasteiger charge is -2.20. The number of aliphatic carboxylic acids is 1. The van der Waals surface area contributed by atoms with Crippen LogP contribution in [0.3, 0.4) is 0 Å². The molecule has 0 saturated carbocycles. The van der Waals surface area contributed by atoms with Gasteiger partial charge in [-0.3, -0.25) is 14.4 Å². The van der Waals surface area contributed by atoms with Crippen molar-refractivity contribution in [2.45, 2.75) is 57.8 Å². The van der Waals surface area contributed by atoms with Crippen molar-refractivity contribution >= 4 is 17.8 Å². The van der Waals surface area contributed by atoms with Crippen molar-refractivity contribution in [2.24, 2.45) is 0 Å². The van der Waals surface area contributed by atoms with Gasteiger partial charge < -0.3 is 15.3 Å². The molecule has 0 aromatic rings. The van der Waals surface area contributed by atoms with Crippen molar-refractivity contribution in [2.75, 3.05) is 19.6 Å². The molecule has 6 heteroatoms. The Kier molecular flexibility index (Phi) is 8.47. The topological polar surface area (TPSA) is 86.7 Å². The number of hydrogen-bond donors (Lipinski definition) is 2. The van der Waals surface area contributed by atoms with Crippen molar-refractivity contribution in [3.63, 3.8) is 0 Å². The third-order valence-corrected chi connectivity index (χ3v) is 3.64. The lowest BCUT2D eigenvalue weighted by Crippen LogP contribution is -2.33. The summed E-state index contributed by atoms with van der Waals surface area (Å²) in [5, 5.41) is 11.3. The Morgan fingerprint density at radius 2 is 1.86 bits per heavy atom. The fraction of sp³-hybridized carbons (Fsp3) is 0.800. The van der Waals surface area contributed by atoms with E-state index >= 15 is 0 Å². The van der Waals surface area contributed by atoms with Gasteiger partial charge in [0.15, 0.2) is 0 Å². The molecule has 1 aliphatic heterocycles. The smallest absolute Gasteiger partial charge is 0.303 e. The second-order valence-corrected chi connectivity index (χ2v) is 5.50. The lowest BCUT2D eigenvalue weighted by molar-refractivity contribution is -0.137. The van der Waals surface area contributed by atoms with E-state index in [-0.39, 0.29) is 18.2 Å². The highest BCUT2D eigenvalue weighted by Crippen LogP contribution is 2.11. The van der Waals surface area contributed by atoms with Crippen LogP contribution in [0.15, 0.2) is 0 Å². The molecule has 0 bridgehead atoms. The molecule has 0 radical (unpaired) electrons. The number of hydrogen-bond acceptors (Lipinski definition) is 3. The van der Waals surface area contributed by atoms with Crippen molar-refractivity contribution in [1.29, 1.82) is 0 Å². The van der Waals surface area contributed by atoms with Gasteiger partial charge in [-0.1, -0.05) is 6.42 Å². The number of nitrogens with zero attached hydrogens (tertiary/aromatic N) is 1. The van der Waals surface area contributed by atoms with Crippen LogP contribution in [-0.2, 0) is 14.4 Å². The van der Waals surface area contributed by atoms with Gasteiger partial charge >= 0.3 is 5.97 Å². The third-order valence-electron chi connectivity index (χ3n) is 3.64. The summed E-state index contributed by atoms with van der Waals surface area (Å²) in [4.78, 5) is 35.5. The van der Waals surface area contributed by atoms with E-state index in [4.69, 9.17) is 5.11 Å². The SMILES string of the molecule is O=C(O)CCCCC(=O)NCCCN1CCCCCC1=O. The molecule has 1 heterocycles. The normalized spacial score (nSPS) is 15.6. The van der Waals surface area contributed by atoms with Crippen LogP contribution in [0.4, 0.5) is 0 Å². The van der Waals surface area contributed by atoms with Crippen LogP contribution >= 0.6 is 0 Å². The summed E-state index contributed by atoms with van der Waals surface area (Å²) >= 11 is 0. The molecule has 0 atom stereocenters. The van der Waals surface area contributed by atoms with E-state index in [1.807, 2.05) is 4.90 Å². The molecule has 0 aliphatic carbocycles. The molecule has 120 valence electrons. The molecule has 1 rings (SSSR count). The summed E-state index contributed by atoms with van der Waals surface area (Å²) in [6.45, 7) is 2.11. The first-order valence-electron chi connectivity index (χ1n) is 7.86. The number of carbonyl (C=O) groups is 3. The van der Waals surface area contributed by atoms with Crippen LogP contribution in [0.5, 0.6) is 0 Å². The number of carboxylic acids is 1. The zero-order chi connectivity index (χ0) is 15.5. The Morgan fingerprint density at radius 3 is 2.62 bits per heavy atom. The van der Waals surface area contributed by atoms with Gasteiger partial charge in [-0.2, -0.15) is 0 Å². The average molecular weight is 298 g/mol. The van der Waals surface area contributed by atoms with Crippen molar-refractivity contribution in [3.05, 3.63) is 0 Å². The van der Waals surface area contributed by atoms with Crippen LogP contribution < -0.4 is 5.32 Å². The van der Waals surface area contributed by atoms with Crippen molar-refractivity contribution in [1.82, 2.24) is 10.2 Å². The minimum atomic E-state index is -0.822. The van der Waals surface area contributed by atoms with Gasteiger partial charge in [0.2, 0.25) is 11.8 Å². The fourth-order valence-corrected chi connectivity index (χ4v) is 2.42. The first kappa shape index (κ1) is 17.5. The van der Waals surface area contributed by atoms with Gasteiger partial charge in [-0.15, -0.1) is 0 Å². The molecule has 0 aromatic heterocycles. The molecule has 0 unspecified atom stereocenters. The molecule has 2 N–H and O–H groups in total. The number of likely N-dealkylation sites (tertiary alicyclic amines) is 1. The highest BCUT2D eigenvalue weighted by molar-refractivity contribution is 5.76. The van der Waals surface area contributed by atoms with Gasteiger partial charge in [0, 0.05) is 38.9 Å². The second kappa shape index (κ2) is 10.2. The highest BCUT2D eigenvalue weighted by atomic mass is 16.4. The summed E-state index contributed by atoms with van der Waals surface area (Å²) in [6, 6.07) is 0. The van der Waals surface area contributed by atoms with Crippen LogP contribution in [0.25, 0.3) is 0 Å². The number of amides is 2. The van der Waals surface area contributed by atoms with Crippen molar-refractivity contribution < 1.29 is 19.5 Å². The summed E-state index contributed by atoms with van der Waals surface area (Å²) < 4.78 is 0. The zero-order valence-electron chi connectivity index (χ0n) is 12.6. The van der Waals surface area contributed by atoms with Gasteiger partial charge in [0.1, 0.15) is 0 Å². The molecular formula is C15H26N2O4. The Bertz CT molecular complexity index is 358. The fourth-order valence-electron chi connectivity index (χ4n) is 2.42. The van der Waals surface area contributed by atoms with Gasteiger partial charge in [0.05, 0.1) is 0 Å². The largest absolute Gasteiger partial charge is 0.481 e. The number of unbranched alkanes of at least 4 members (excludes halogenated alkanes) is 1. The summed E-state index contributed by atoms with van der Waals surface area (Å²) in [6.07, 6.45) is 6.22. The summed E-state index contributed by atoms with van der Waals surface area (Å²) in [7, 11) is 0. The minimum Gasteiger partial charge on any atom is -0.481 e. The average Bonchev–Trinajstić information content (AvgIpc) is 2.64. The Hall–Kier alpha value is -1.59. The Balaban J connectivity index is 2.03. The lowest BCUT2D eigenvalue weighted by atomic mass is 10.2. The van der Waals surface area contributed by atoms with E-state index in [0.717, 1.165) is 32.2 Å². The highest BCUT2D eigenvalue weighted by Gasteiger charge is 2.15. The zero-order valence-corrected chi connectivity index (χ0v) is 12.6.